The first-order valence-electron chi connectivity index (χ1n) is 8.87. The molecule has 3 rings (SSSR count). The molecule has 0 aromatic carbocycles. The molecule has 140 valence electrons. The second kappa shape index (κ2) is 11.3. The van der Waals surface area contributed by atoms with Crippen LogP contribution in [0.1, 0.15) is 50.4 Å². The van der Waals surface area contributed by atoms with Crippen LogP contribution in [0.5, 0.6) is 5.75 Å². The van der Waals surface area contributed by atoms with Crippen LogP contribution in [0.4, 0.5) is 5.82 Å². The molecule has 2 N–H and O–H groups in total. The van der Waals surface area contributed by atoms with E-state index >= 15 is 0 Å². The van der Waals surface area contributed by atoms with Gasteiger partial charge in [-0.25, -0.2) is 4.98 Å². The van der Waals surface area contributed by atoms with Crippen LogP contribution in [0.2, 0.25) is 0 Å². The molecule has 0 saturated carbocycles. The number of carbonyl (C=O) groups excluding carboxylic acids is 2. The maximum absolute atomic E-state index is 12.1. The highest BCUT2D eigenvalue weighted by atomic mass is 16.5. The van der Waals surface area contributed by atoms with Crippen LogP contribution < -0.4 is 15.4 Å². The molecule has 0 atom stereocenters. The average molecular weight is 350 g/mol. The van der Waals surface area contributed by atoms with Gasteiger partial charge in [0, 0.05) is 33.3 Å². The van der Waals surface area contributed by atoms with Crippen molar-refractivity contribution in [3.05, 3.63) is 17.8 Å². The summed E-state index contributed by atoms with van der Waals surface area (Å²) in [4.78, 5) is 27.9. The van der Waals surface area contributed by atoms with E-state index in [1.165, 1.54) is 13.3 Å². The van der Waals surface area contributed by atoms with Crippen molar-refractivity contribution < 1.29 is 14.3 Å². The molecule has 1 aromatic heterocycles. The van der Waals surface area contributed by atoms with Crippen LogP contribution >= 0.6 is 0 Å². The molecule has 0 spiro atoms. The normalized spacial score (nSPS) is 14.5. The first kappa shape index (κ1) is 20.7. The van der Waals surface area contributed by atoms with Crippen molar-refractivity contribution in [3.63, 3.8) is 0 Å². The SMILES string of the molecule is CCC.CNC(C)=O.O=C(c1cnc2c(c1)OCCN2)N1CCCC1. The van der Waals surface area contributed by atoms with Crippen molar-refractivity contribution in [2.45, 2.75) is 40.0 Å². The second-order valence-electron chi connectivity index (χ2n) is 5.86. The van der Waals surface area contributed by atoms with Gasteiger partial charge in [-0.3, -0.25) is 9.59 Å². The fourth-order valence-electron chi connectivity index (χ4n) is 2.24. The highest BCUT2D eigenvalue weighted by molar-refractivity contribution is 5.94. The summed E-state index contributed by atoms with van der Waals surface area (Å²) in [6.07, 6.45) is 5.07. The minimum Gasteiger partial charge on any atom is -0.488 e. The number of fused-ring (bicyclic) bond motifs is 1. The standard InChI is InChI=1S/C12H15N3O2.C3H7NO.C3H8/c16-12(15-4-1-2-5-15)9-7-10-11(14-8-9)13-3-6-17-10;1-3(5)4-2;1-3-2/h7-8H,1-6H2,(H,13,14);1-2H3,(H,4,5);3H2,1-2H3. The van der Waals surface area contributed by atoms with E-state index in [0.29, 0.717) is 17.9 Å². The number of nitrogens with zero attached hydrogens (tertiary/aromatic N) is 2. The third-order valence-electron chi connectivity index (χ3n) is 3.50. The number of ether oxygens (including phenoxy) is 1. The van der Waals surface area contributed by atoms with Crippen LogP contribution in [-0.2, 0) is 4.79 Å². The van der Waals surface area contributed by atoms with E-state index in [2.05, 4.69) is 29.5 Å². The third-order valence-corrected chi connectivity index (χ3v) is 3.50. The van der Waals surface area contributed by atoms with Gasteiger partial charge in [0.15, 0.2) is 11.6 Å². The van der Waals surface area contributed by atoms with Gasteiger partial charge in [-0.15, -0.1) is 0 Å². The van der Waals surface area contributed by atoms with Crippen molar-refractivity contribution >= 4 is 17.6 Å². The number of nitrogens with one attached hydrogen (secondary N) is 2. The molecule has 2 amide bonds. The van der Waals surface area contributed by atoms with Gasteiger partial charge in [0.05, 0.1) is 12.1 Å². The Hall–Kier alpha value is -2.31. The van der Waals surface area contributed by atoms with Crippen LogP contribution in [0, 0.1) is 0 Å². The molecular formula is C18H30N4O3. The van der Waals surface area contributed by atoms with Crippen molar-refractivity contribution in [1.82, 2.24) is 15.2 Å². The number of hydrogen-bond donors (Lipinski definition) is 2. The van der Waals surface area contributed by atoms with Gasteiger partial charge in [0.25, 0.3) is 5.91 Å². The molecular weight excluding hydrogens is 320 g/mol. The van der Waals surface area contributed by atoms with Crippen LogP contribution in [-0.4, -0.2) is 55.0 Å². The van der Waals surface area contributed by atoms with Gasteiger partial charge >= 0.3 is 0 Å². The molecule has 0 radical (unpaired) electrons. The van der Waals surface area contributed by atoms with Gasteiger partial charge in [0.2, 0.25) is 5.91 Å². The van der Waals surface area contributed by atoms with E-state index < -0.39 is 0 Å². The molecule has 1 fully saturated rings. The topological polar surface area (TPSA) is 83.6 Å². The number of anilines is 1. The zero-order valence-electron chi connectivity index (χ0n) is 15.7. The van der Waals surface area contributed by atoms with Gasteiger partial charge in [-0.05, 0) is 18.9 Å². The van der Waals surface area contributed by atoms with Gasteiger partial charge < -0.3 is 20.3 Å². The molecule has 7 heteroatoms. The first-order valence-corrected chi connectivity index (χ1v) is 8.87. The van der Waals surface area contributed by atoms with Crippen molar-refractivity contribution in [2.24, 2.45) is 0 Å². The Balaban J connectivity index is 0.000000333. The first-order chi connectivity index (χ1) is 12.0. The largest absolute Gasteiger partial charge is 0.488 e. The molecule has 2 aliphatic rings. The molecule has 25 heavy (non-hydrogen) atoms. The molecule has 0 unspecified atom stereocenters. The number of hydrogen-bond acceptors (Lipinski definition) is 5. The summed E-state index contributed by atoms with van der Waals surface area (Å²) in [7, 11) is 1.60. The number of carbonyl (C=O) groups is 2. The highest BCUT2D eigenvalue weighted by Gasteiger charge is 2.21. The highest BCUT2D eigenvalue weighted by Crippen LogP contribution is 2.26. The van der Waals surface area contributed by atoms with Gasteiger partial charge in [-0.1, -0.05) is 20.3 Å². The summed E-state index contributed by atoms with van der Waals surface area (Å²) in [5, 5.41) is 5.53. The summed E-state index contributed by atoms with van der Waals surface area (Å²) >= 11 is 0. The predicted molar refractivity (Wildman–Crippen MR) is 99.1 cm³/mol. The number of amides is 2. The number of pyridine rings is 1. The molecule has 7 nitrogen and oxygen atoms in total. The number of aromatic nitrogens is 1. The van der Waals surface area contributed by atoms with Crippen LogP contribution in [0.15, 0.2) is 12.3 Å². The smallest absolute Gasteiger partial charge is 0.255 e. The monoisotopic (exact) mass is 350 g/mol. The zero-order chi connectivity index (χ0) is 18.7. The van der Waals surface area contributed by atoms with E-state index in [0.717, 1.165) is 38.3 Å². The lowest BCUT2D eigenvalue weighted by Gasteiger charge is -2.20. The Morgan fingerprint density at radius 2 is 1.92 bits per heavy atom. The van der Waals surface area contributed by atoms with Gasteiger partial charge in [-0.2, -0.15) is 0 Å². The Kier molecular flexibility index (Phi) is 9.36. The molecule has 2 aliphatic heterocycles. The predicted octanol–water partition coefficient (Wildman–Crippen LogP) is 2.29. The van der Waals surface area contributed by atoms with Crippen molar-refractivity contribution in [1.29, 1.82) is 0 Å². The van der Waals surface area contributed by atoms with Crippen molar-refractivity contribution in [2.75, 3.05) is 38.6 Å². The Bertz CT molecular complexity index is 557. The van der Waals surface area contributed by atoms with E-state index in [1.54, 1.807) is 19.3 Å². The lowest BCUT2D eigenvalue weighted by Crippen LogP contribution is -2.28. The third kappa shape index (κ3) is 6.99. The molecule has 3 heterocycles. The Morgan fingerprint density at radius 1 is 1.32 bits per heavy atom. The Labute approximate surface area is 150 Å². The fraction of sp³-hybridized carbons (Fsp3) is 0.611. The second-order valence-corrected chi connectivity index (χ2v) is 5.86. The van der Waals surface area contributed by atoms with E-state index in [9.17, 15) is 9.59 Å². The summed E-state index contributed by atoms with van der Waals surface area (Å²) in [5.74, 6) is 1.48. The maximum Gasteiger partial charge on any atom is 0.255 e. The van der Waals surface area contributed by atoms with Gasteiger partial charge in [0.1, 0.15) is 6.61 Å². The van der Waals surface area contributed by atoms with Crippen LogP contribution in [0.3, 0.4) is 0 Å². The number of likely N-dealkylation sites (tertiary alicyclic amines) is 1. The van der Waals surface area contributed by atoms with E-state index in [4.69, 9.17) is 4.74 Å². The van der Waals surface area contributed by atoms with E-state index in [-0.39, 0.29) is 11.8 Å². The summed E-state index contributed by atoms with van der Waals surface area (Å²) in [6, 6.07) is 1.79. The molecule has 1 aromatic rings. The van der Waals surface area contributed by atoms with Crippen LogP contribution in [0.25, 0.3) is 0 Å². The quantitative estimate of drug-likeness (QED) is 0.812. The molecule has 1 saturated heterocycles. The zero-order valence-corrected chi connectivity index (χ0v) is 15.7. The van der Waals surface area contributed by atoms with E-state index in [1.807, 2.05) is 4.90 Å². The summed E-state index contributed by atoms with van der Waals surface area (Å²) in [5.41, 5.74) is 0.620. The fourth-order valence-corrected chi connectivity index (χ4v) is 2.24. The lowest BCUT2D eigenvalue weighted by atomic mass is 10.2. The molecule has 0 aliphatic carbocycles. The minimum absolute atomic E-state index is 0.00463. The average Bonchev–Trinajstić information content (AvgIpc) is 3.16. The number of rotatable bonds is 1. The minimum atomic E-state index is 0.00463. The summed E-state index contributed by atoms with van der Waals surface area (Å²) < 4.78 is 5.48. The lowest BCUT2D eigenvalue weighted by molar-refractivity contribution is -0.118. The Morgan fingerprint density at radius 3 is 2.48 bits per heavy atom. The maximum atomic E-state index is 12.1. The summed E-state index contributed by atoms with van der Waals surface area (Å²) in [6.45, 7) is 8.82. The van der Waals surface area contributed by atoms with Crippen molar-refractivity contribution in [3.8, 4) is 5.75 Å². The molecule has 0 bridgehead atoms.